The number of carbonyl (C=O) groups is 2. The molecule has 0 bridgehead atoms. The largest absolute Gasteiger partial charge is 0.481 e. The topological polar surface area (TPSA) is 70.5 Å². The molecular formula is C12H18N2O3S. The van der Waals surface area contributed by atoms with E-state index in [0.717, 1.165) is 0 Å². The van der Waals surface area contributed by atoms with Gasteiger partial charge in [0.05, 0.1) is 17.6 Å². The summed E-state index contributed by atoms with van der Waals surface area (Å²) in [6.45, 7) is 6.59. The number of amides is 1. The number of aromatic nitrogens is 1. The van der Waals surface area contributed by atoms with Crippen molar-refractivity contribution < 1.29 is 14.7 Å². The van der Waals surface area contributed by atoms with E-state index in [2.05, 4.69) is 4.98 Å². The summed E-state index contributed by atoms with van der Waals surface area (Å²) < 4.78 is 0. The van der Waals surface area contributed by atoms with Crippen molar-refractivity contribution in [3.05, 3.63) is 16.1 Å². The van der Waals surface area contributed by atoms with Gasteiger partial charge in [-0.3, -0.25) is 9.59 Å². The van der Waals surface area contributed by atoms with Crippen molar-refractivity contribution >= 4 is 23.2 Å². The van der Waals surface area contributed by atoms with Crippen LogP contribution in [0.15, 0.2) is 5.51 Å². The summed E-state index contributed by atoms with van der Waals surface area (Å²) in [5.74, 6) is -0.710. The van der Waals surface area contributed by atoms with E-state index in [4.69, 9.17) is 5.11 Å². The Balaban J connectivity index is 2.78. The summed E-state index contributed by atoms with van der Waals surface area (Å²) in [6.07, 6.45) is -0.0314. The molecule has 0 spiro atoms. The minimum atomic E-state index is -0.891. The number of carboxylic acid groups (broad SMARTS) is 1. The van der Waals surface area contributed by atoms with Crippen LogP contribution >= 0.6 is 11.3 Å². The molecule has 0 radical (unpaired) electrons. The molecule has 1 amide bonds. The first-order chi connectivity index (χ1) is 8.41. The number of hydrogen-bond donors (Lipinski definition) is 1. The summed E-state index contributed by atoms with van der Waals surface area (Å²) in [5.41, 5.74) is 2.34. The molecular weight excluding hydrogens is 252 g/mol. The van der Waals surface area contributed by atoms with Crippen LogP contribution in [0.4, 0.5) is 0 Å². The Morgan fingerprint density at radius 2 is 2.17 bits per heavy atom. The Bertz CT molecular complexity index is 429. The number of carbonyl (C=O) groups excluding carboxylic acids is 1. The van der Waals surface area contributed by atoms with E-state index in [1.165, 1.54) is 11.3 Å². The molecule has 0 saturated heterocycles. The van der Waals surface area contributed by atoms with Gasteiger partial charge >= 0.3 is 5.97 Å². The van der Waals surface area contributed by atoms with Crippen molar-refractivity contribution in [1.29, 1.82) is 0 Å². The molecule has 18 heavy (non-hydrogen) atoms. The van der Waals surface area contributed by atoms with Gasteiger partial charge in [0, 0.05) is 13.1 Å². The van der Waals surface area contributed by atoms with Gasteiger partial charge in [0.25, 0.3) is 5.91 Å². The fraction of sp³-hybridized carbons (Fsp3) is 0.583. The lowest BCUT2D eigenvalue weighted by Crippen LogP contribution is -2.35. The minimum absolute atomic E-state index is 0.0314. The van der Waals surface area contributed by atoms with E-state index in [0.29, 0.717) is 23.0 Å². The number of aliphatic carboxylic acids is 1. The second-order valence-electron chi connectivity index (χ2n) is 4.56. The predicted octanol–water partition coefficient (Wildman–Crippen LogP) is 2.02. The van der Waals surface area contributed by atoms with Crippen LogP contribution in [0.1, 0.15) is 35.6 Å². The molecule has 100 valence electrons. The average Bonchev–Trinajstić information content (AvgIpc) is 2.69. The normalized spacial score (nSPS) is 10.7. The van der Waals surface area contributed by atoms with Crippen LogP contribution in [-0.4, -0.2) is 40.0 Å². The molecule has 1 N–H and O–H groups in total. The molecule has 0 aliphatic carbocycles. The second kappa shape index (κ2) is 6.49. The summed E-state index contributed by atoms with van der Waals surface area (Å²) in [5, 5.41) is 8.72. The van der Waals surface area contributed by atoms with E-state index in [1.807, 2.05) is 13.8 Å². The van der Waals surface area contributed by atoms with E-state index < -0.39 is 5.97 Å². The van der Waals surface area contributed by atoms with Crippen molar-refractivity contribution in [3.63, 3.8) is 0 Å². The van der Waals surface area contributed by atoms with Gasteiger partial charge in [-0.05, 0) is 12.8 Å². The fourth-order valence-electron chi connectivity index (χ4n) is 1.60. The van der Waals surface area contributed by atoms with Gasteiger partial charge in [-0.2, -0.15) is 0 Å². The summed E-state index contributed by atoms with van der Waals surface area (Å²) in [7, 11) is 0. The third-order valence-electron chi connectivity index (χ3n) is 2.41. The molecule has 5 nitrogen and oxygen atoms in total. The number of aryl methyl sites for hydroxylation is 1. The smallest absolute Gasteiger partial charge is 0.305 e. The molecule has 0 unspecified atom stereocenters. The van der Waals surface area contributed by atoms with Crippen molar-refractivity contribution in [1.82, 2.24) is 9.88 Å². The van der Waals surface area contributed by atoms with Gasteiger partial charge < -0.3 is 10.0 Å². The quantitative estimate of drug-likeness (QED) is 0.858. The molecule has 0 aliphatic rings. The van der Waals surface area contributed by atoms with E-state index >= 15 is 0 Å². The summed E-state index contributed by atoms with van der Waals surface area (Å²) in [6, 6.07) is 0. The Hall–Kier alpha value is -1.43. The summed E-state index contributed by atoms with van der Waals surface area (Å²) >= 11 is 1.30. The third-order valence-corrected chi connectivity index (χ3v) is 3.32. The molecule has 0 saturated carbocycles. The fourth-order valence-corrected chi connectivity index (χ4v) is 2.37. The molecule has 1 heterocycles. The number of rotatable bonds is 6. The zero-order chi connectivity index (χ0) is 13.7. The van der Waals surface area contributed by atoms with Crippen LogP contribution in [0.25, 0.3) is 0 Å². The van der Waals surface area contributed by atoms with Crippen LogP contribution in [0.5, 0.6) is 0 Å². The lowest BCUT2D eigenvalue weighted by atomic mass is 10.2. The standard InChI is InChI=1S/C12H18N2O3S/c1-8(2)6-14(5-4-10(15)16)12(17)11-9(3)13-7-18-11/h7-8H,4-6H2,1-3H3,(H,15,16). The maximum absolute atomic E-state index is 12.3. The lowest BCUT2D eigenvalue weighted by molar-refractivity contribution is -0.137. The number of hydrogen-bond acceptors (Lipinski definition) is 4. The van der Waals surface area contributed by atoms with Gasteiger partial charge in [-0.15, -0.1) is 11.3 Å². The number of nitrogens with zero attached hydrogens (tertiary/aromatic N) is 2. The van der Waals surface area contributed by atoms with Gasteiger partial charge in [0.15, 0.2) is 0 Å². The molecule has 0 atom stereocenters. The van der Waals surface area contributed by atoms with E-state index in [1.54, 1.807) is 17.3 Å². The molecule has 0 aliphatic heterocycles. The third kappa shape index (κ3) is 4.10. The maximum Gasteiger partial charge on any atom is 0.305 e. The van der Waals surface area contributed by atoms with E-state index in [9.17, 15) is 9.59 Å². The first-order valence-corrected chi connectivity index (χ1v) is 6.71. The van der Waals surface area contributed by atoms with Crippen molar-refractivity contribution in [2.75, 3.05) is 13.1 Å². The van der Waals surface area contributed by atoms with E-state index in [-0.39, 0.29) is 18.9 Å². The van der Waals surface area contributed by atoms with Gasteiger partial charge in [0.2, 0.25) is 0 Å². The second-order valence-corrected chi connectivity index (χ2v) is 5.41. The SMILES string of the molecule is Cc1ncsc1C(=O)N(CCC(=O)O)CC(C)C. The Labute approximate surface area is 110 Å². The van der Waals surface area contributed by atoms with Crippen LogP contribution in [-0.2, 0) is 4.79 Å². The monoisotopic (exact) mass is 270 g/mol. The zero-order valence-corrected chi connectivity index (χ0v) is 11.7. The first-order valence-electron chi connectivity index (χ1n) is 5.83. The van der Waals surface area contributed by atoms with Gasteiger partial charge in [0.1, 0.15) is 4.88 Å². The molecule has 1 rings (SSSR count). The van der Waals surface area contributed by atoms with Crippen LogP contribution < -0.4 is 0 Å². The highest BCUT2D eigenvalue weighted by Gasteiger charge is 2.20. The molecule has 6 heteroatoms. The minimum Gasteiger partial charge on any atom is -0.481 e. The van der Waals surface area contributed by atoms with Crippen molar-refractivity contribution in [3.8, 4) is 0 Å². The highest BCUT2D eigenvalue weighted by molar-refractivity contribution is 7.11. The molecule has 1 aromatic rings. The van der Waals surface area contributed by atoms with Crippen LogP contribution in [0, 0.1) is 12.8 Å². The molecule has 0 aromatic carbocycles. The molecule has 0 fully saturated rings. The maximum atomic E-state index is 12.3. The highest BCUT2D eigenvalue weighted by atomic mass is 32.1. The zero-order valence-electron chi connectivity index (χ0n) is 10.8. The Kier molecular flexibility index (Phi) is 5.27. The van der Waals surface area contributed by atoms with Crippen LogP contribution in [0.2, 0.25) is 0 Å². The predicted molar refractivity (Wildman–Crippen MR) is 69.8 cm³/mol. The summed E-state index contributed by atoms with van der Waals surface area (Å²) in [4.78, 5) is 29.1. The van der Waals surface area contributed by atoms with Crippen molar-refractivity contribution in [2.45, 2.75) is 27.2 Å². The van der Waals surface area contributed by atoms with Gasteiger partial charge in [-0.1, -0.05) is 13.8 Å². The van der Waals surface area contributed by atoms with Crippen LogP contribution in [0.3, 0.4) is 0 Å². The highest BCUT2D eigenvalue weighted by Crippen LogP contribution is 2.16. The average molecular weight is 270 g/mol. The first kappa shape index (κ1) is 14.6. The lowest BCUT2D eigenvalue weighted by Gasteiger charge is -2.23. The Morgan fingerprint density at radius 1 is 1.50 bits per heavy atom. The number of thiazole rings is 1. The molecule has 1 aromatic heterocycles. The number of carboxylic acids is 1. The Morgan fingerprint density at radius 3 is 2.61 bits per heavy atom. The van der Waals surface area contributed by atoms with Gasteiger partial charge in [-0.25, -0.2) is 4.98 Å². The van der Waals surface area contributed by atoms with Crippen molar-refractivity contribution in [2.24, 2.45) is 5.92 Å².